The fourth-order valence-corrected chi connectivity index (χ4v) is 1.78. The zero-order valence-electron chi connectivity index (χ0n) is 11.3. The van der Waals surface area contributed by atoms with E-state index in [9.17, 15) is 13.2 Å². The van der Waals surface area contributed by atoms with Crippen molar-refractivity contribution >= 4 is 0 Å². The summed E-state index contributed by atoms with van der Waals surface area (Å²) in [4.78, 5) is 3.34. The largest absolute Gasteiger partial charge is 0.471 e. The van der Waals surface area contributed by atoms with Gasteiger partial charge in [-0.3, -0.25) is 0 Å². The number of hydrogen-bond donors (Lipinski definition) is 1. The van der Waals surface area contributed by atoms with E-state index in [1.165, 1.54) is 0 Å². The maximum absolute atomic E-state index is 12.3. The van der Waals surface area contributed by atoms with Crippen molar-refractivity contribution in [2.75, 3.05) is 0 Å². The van der Waals surface area contributed by atoms with E-state index in [0.29, 0.717) is 6.42 Å². The zero-order chi connectivity index (χ0) is 14.5. The van der Waals surface area contributed by atoms with Gasteiger partial charge in [-0.2, -0.15) is 18.2 Å². The Morgan fingerprint density at radius 1 is 1.16 bits per heavy atom. The molecule has 0 radical (unpaired) electrons. The number of nitrogens with two attached hydrogens (primary N) is 1. The molecule has 110 valence electrons. The van der Waals surface area contributed by atoms with Gasteiger partial charge in [0.1, 0.15) is 0 Å². The third-order valence-corrected chi connectivity index (χ3v) is 2.98. The van der Waals surface area contributed by atoms with Crippen molar-refractivity contribution < 1.29 is 17.7 Å². The van der Waals surface area contributed by atoms with Crippen LogP contribution in [-0.2, 0) is 11.7 Å². The second-order valence-corrected chi connectivity index (χ2v) is 5.00. The molecule has 1 rings (SSSR count). The summed E-state index contributed by atoms with van der Waals surface area (Å²) in [6.45, 7) is 3.74. The summed E-state index contributed by atoms with van der Waals surface area (Å²) in [5, 5.41) is 3.34. The summed E-state index contributed by atoms with van der Waals surface area (Å²) >= 11 is 0. The van der Waals surface area contributed by atoms with Crippen LogP contribution in [0.15, 0.2) is 4.52 Å². The molecule has 2 N–H and O–H groups in total. The number of nitrogens with zero attached hydrogens (tertiary/aromatic N) is 2. The van der Waals surface area contributed by atoms with Gasteiger partial charge in [0.15, 0.2) is 5.82 Å². The molecule has 19 heavy (non-hydrogen) atoms. The lowest BCUT2D eigenvalue weighted by Crippen LogP contribution is -2.34. The quantitative estimate of drug-likeness (QED) is 0.774. The number of halogens is 3. The van der Waals surface area contributed by atoms with Gasteiger partial charge in [0.25, 0.3) is 0 Å². The summed E-state index contributed by atoms with van der Waals surface area (Å²) in [5.41, 5.74) is 4.97. The first-order chi connectivity index (χ1) is 8.77. The minimum absolute atomic E-state index is 0.0877. The van der Waals surface area contributed by atoms with Crippen LogP contribution in [0.1, 0.15) is 64.1 Å². The van der Waals surface area contributed by atoms with Crippen molar-refractivity contribution in [1.82, 2.24) is 10.1 Å². The van der Waals surface area contributed by atoms with Crippen molar-refractivity contribution in [3.05, 3.63) is 11.7 Å². The standard InChI is InChI=1S/C12H20F3N3O/c1-3-4-5-6-7-8-11(2,16)9-17-10(19-18-9)12(13,14)15/h3-8,16H2,1-2H3. The average Bonchev–Trinajstić information content (AvgIpc) is 2.78. The predicted molar refractivity (Wildman–Crippen MR) is 64.2 cm³/mol. The first-order valence-electron chi connectivity index (χ1n) is 6.47. The molecule has 0 bridgehead atoms. The van der Waals surface area contributed by atoms with Crippen LogP contribution >= 0.6 is 0 Å². The van der Waals surface area contributed by atoms with Crippen molar-refractivity contribution in [2.24, 2.45) is 5.73 Å². The molecule has 0 amide bonds. The first-order valence-corrected chi connectivity index (χ1v) is 6.47. The van der Waals surface area contributed by atoms with Gasteiger partial charge in [-0.15, -0.1) is 0 Å². The van der Waals surface area contributed by atoms with Gasteiger partial charge in [0.2, 0.25) is 0 Å². The molecule has 4 nitrogen and oxygen atoms in total. The fourth-order valence-electron chi connectivity index (χ4n) is 1.78. The van der Waals surface area contributed by atoms with E-state index in [0.717, 1.165) is 32.1 Å². The Morgan fingerprint density at radius 3 is 2.32 bits per heavy atom. The van der Waals surface area contributed by atoms with Crippen molar-refractivity contribution in [3.8, 4) is 0 Å². The summed E-state index contributed by atoms with van der Waals surface area (Å²) in [5.74, 6) is -1.43. The minimum Gasteiger partial charge on any atom is -0.329 e. The molecule has 0 spiro atoms. The molecule has 1 atom stereocenters. The molecule has 0 aliphatic rings. The molecule has 0 fully saturated rings. The highest BCUT2D eigenvalue weighted by Crippen LogP contribution is 2.30. The Labute approximate surface area is 110 Å². The van der Waals surface area contributed by atoms with Crippen LogP contribution in [0.3, 0.4) is 0 Å². The molecule has 1 heterocycles. The van der Waals surface area contributed by atoms with Crippen molar-refractivity contribution in [1.29, 1.82) is 0 Å². The molecule has 0 aliphatic heterocycles. The summed E-state index contributed by atoms with van der Waals surface area (Å²) < 4.78 is 41.2. The van der Waals surface area contributed by atoms with Crippen LogP contribution < -0.4 is 5.73 Å². The highest BCUT2D eigenvalue weighted by atomic mass is 19.4. The first kappa shape index (κ1) is 15.9. The van der Waals surface area contributed by atoms with Crippen LogP contribution in [0.4, 0.5) is 13.2 Å². The summed E-state index contributed by atoms with van der Waals surface area (Å²) in [6.07, 6.45) is 1.15. The summed E-state index contributed by atoms with van der Waals surface area (Å²) in [6, 6.07) is 0. The lowest BCUT2D eigenvalue weighted by Gasteiger charge is -2.20. The van der Waals surface area contributed by atoms with Gasteiger partial charge in [-0.1, -0.05) is 44.2 Å². The van der Waals surface area contributed by atoms with Crippen LogP contribution in [0, 0.1) is 0 Å². The van der Waals surface area contributed by atoms with Gasteiger partial charge in [-0.05, 0) is 13.3 Å². The monoisotopic (exact) mass is 279 g/mol. The molecule has 0 saturated carbocycles. The molecular formula is C12H20F3N3O. The molecule has 1 aromatic rings. The number of unbranched alkanes of at least 4 members (excludes halogenated alkanes) is 4. The lowest BCUT2D eigenvalue weighted by molar-refractivity contribution is -0.159. The van der Waals surface area contributed by atoms with Crippen molar-refractivity contribution in [2.45, 2.75) is 64.1 Å². The maximum Gasteiger partial charge on any atom is 0.471 e. The van der Waals surface area contributed by atoms with Crippen LogP contribution in [0.5, 0.6) is 0 Å². The Morgan fingerprint density at radius 2 is 1.79 bits per heavy atom. The highest BCUT2D eigenvalue weighted by Gasteiger charge is 2.40. The molecule has 0 aliphatic carbocycles. The SMILES string of the molecule is CCCCCCCC(C)(N)c1noc(C(F)(F)F)n1. The Hall–Kier alpha value is -1.11. The topological polar surface area (TPSA) is 64.9 Å². The van der Waals surface area contributed by atoms with E-state index in [2.05, 4.69) is 21.6 Å². The van der Waals surface area contributed by atoms with Gasteiger partial charge in [-0.25, -0.2) is 0 Å². The van der Waals surface area contributed by atoms with E-state index in [4.69, 9.17) is 5.73 Å². The minimum atomic E-state index is -4.62. The zero-order valence-corrected chi connectivity index (χ0v) is 11.3. The third-order valence-electron chi connectivity index (χ3n) is 2.98. The number of rotatable bonds is 7. The number of aromatic nitrogens is 2. The average molecular weight is 279 g/mol. The molecule has 0 saturated heterocycles. The van der Waals surface area contributed by atoms with E-state index in [1.807, 2.05) is 0 Å². The third kappa shape index (κ3) is 4.81. The van der Waals surface area contributed by atoms with Gasteiger partial charge in [0.05, 0.1) is 5.54 Å². The smallest absolute Gasteiger partial charge is 0.329 e. The second kappa shape index (κ2) is 6.36. The van der Waals surface area contributed by atoms with Gasteiger partial charge in [0, 0.05) is 0 Å². The lowest BCUT2D eigenvalue weighted by atomic mass is 9.94. The van der Waals surface area contributed by atoms with Crippen molar-refractivity contribution in [3.63, 3.8) is 0 Å². The highest BCUT2D eigenvalue weighted by molar-refractivity contribution is 5.02. The van der Waals surface area contributed by atoms with Gasteiger partial charge < -0.3 is 10.3 Å². The maximum atomic E-state index is 12.3. The van der Waals surface area contributed by atoms with E-state index >= 15 is 0 Å². The molecule has 0 aromatic carbocycles. The molecular weight excluding hydrogens is 259 g/mol. The van der Waals surface area contributed by atoms with E-state index < -0.39 is 17.6 Å². The summed E-state index contributed by atoms with van der Waals surface area (Å²) in [7, 11) is 0. The number of alkyl halides is 3. The molecule has 7 heteroatoms. The van der Waals surface area contributed by atoms with Crippen LogP contribution in [0.25, 0.3) is 0 Å². The van der Waals surface area contributed by atoms with E-state index in [-0.39, 0.29) is 5.82 Å². The molecule has 1 aromatic heterocycles. The Bertz CT molecular complexity index is 388. The Balaban J connectivity index is 2.54. The Kier molecular flexibility index (Phi) is 5.34. The number of hydrogen-bond acceptors (Lipinski definition) is 4. The second-order valence-electron chi connectivity index (χ2n) is 5.00. The fraction of sp³-hybridized carbons (Fsp3) is 0.833. The predicted octanol–water partition coefficient (Wildman–Crippen LogP) is 3.62. The normalized spacial score (nSPS) is 15.5. The van der Waals surface area contributed by atoms with Gasteiger partial charge >= 0.3 is 12.1 Å². The van der Waals surface area contributed by atoms with E-state index in [1.54, 1.807) is 6.92 Å². The molecule has 1 unspecified atom stereocenters. The van der Waals surface area contributed by atoms with Crippen LogP contribution in [0.2, 0.25) is 0 Å². The van der Waals surface area contributed by atoms with Crippen LogP contribution in [-0.4, -0.2) is 10.1 Å².